The number of aromatic nitrogens is 1. The minimum absolute atomic E-state index is 0.343. The summed E-state index contributed by atoms with van der Waals surface area (Å²) in [4.78, 5) is 3.24. The normalized spacial score (nSPS) is 13.0. The minimum Gasteiger partial charge on any atom is -0.389 e. The summed E-state index contributed by atoms with van der Waals surface area (Å²) in [5.74, 6) is 0. The molecule has 0 bridgehead atoms. The molecule has 0 aliphatic heterocycles. The Morgan fingerprint density at radius 2 is 2.33 bits per heavy atom. The number of thiophene rings is 1. The highest BCUT2D eigenvalue weighted by Crippen LogP contribution is 2.14. The van der Waals surface area contributed by atoms with Crippen molar-refractivity contribution in [2.45, 2.75) is 19.3 Å². The van der Waals surface area contributed by atoms with Crippen LogP contribution >= 0.6 is 22.9 Å². The van der Waals surface area contributed by atoms with Crippen LogP contribution in [0.3, 0.4) is 0 Å². The Morgan fingerprint density at radius 1 is 1.52 bits per heavy atom. The number of rotatable bonds is 8. The molecule has 2 heterocycles. The van der Waals surface area contributed by atoms with Crippen molar-refractivity contribution < 1.29 is 9.84 Å². The second kappa shape index (κ2) is 7.96. The molecule has 1 N–H and O–H groups in total. The molecule has 1 unspecified atom stereocenters. The molecule has 0 saturated heterocycles. The Bertz CT molecular complexity index is 542. The number of ether oxygens (including phenoxy) is 1. The van der Waals surface area contributed by atoms with Gasteiger partial charge < -0.3 is 14.4 Å². The van der Waals surface area contributed by atoms with Crippen molar-refractivity contribution >= 4 is 22.9 Å². The quantitative estimate of drug-likeness (QED) is 0.809. The average Bonchev–Trinajstić information content (AvgIpc) is 3.00. The number of halogens is 1. The standard InChI is InChI=1S/C15H21ClN2O2S/c1-17(8-13-6-12(16)7-18(13)2)9-14(19)10-20-11-15-4-3-5-21-15/h3-7,14,19H,8-11H2,1-2H3. The number of hydrogen-bond donors (Lipinski definition) is 1. The summed E-state index contributed by atoms with van der Waals surface area (Å²) in [5, 5.41) is 12.8. The van der Waals surface area contributed by atoms with E-state index in [1.54, 1.807) is 11.3 Å². The van der Waals surface area contributed by atoms with Crippen LogP contribution in [-0.2, 0) is 24.9 Å². The summed E-state index contributed by atoms with van der Waals surface area (Å²) in [6.07, 6.45) is 1.39. The van der Waals surface area contributed by atoms with Gasteiger partial charge in [0.15, 0.2) is 0 Å². The highest BCUT2D eigenvalue weighted by atomic mass is 35.5. The van der Waals surface area contributed by atoms with E-state index in [0.29, 0.717) is 19.8 Å². The first-order valence-electron chi connectivity index (χ1n) is 6.82. The molecule has 6 heteroatoms. The Morgan fingerprint density at radius 3 is 2.95 bits per heavy atom. The zero-order chi connectivity index (χ0) is 15.2. The summed E-state index contributed by atoms with van der Waals surface area (Å²) in [6.45, 7) is 2.21. The predicted octanol–water partition coefficient (Wildman–Crippen LogP) is 2.75. The van der Waals surface area contributed by atoms with Crippen molar-refractivity contribution in [3.05, 3.63) is 45.4 Å². The van der Waals surface area contributed by atoms with Crippen LogP contribution in [0.5, 0.6) is 0 Å². The van der Waals surface area contributed by atoms with E-state index in [1.807, 2.05) is 48.4 Å². The third-order valence-electron chi connectivity index (χ3n) is 3.16. The lowest BCUT2D eigenvalue weighted by Gasteiger charge is -2.20. The fraction of sp³-hybridized carbons (Fsp3) is 0.467. The van der Waals surface area contributed by atoms with Crippen molar-refractivity contribution in [3.8, 4) is 0 Å². The topological polar surface area (TPSA) is 37.6 Å². The van der Waals surface area contributed by atoms with Gasteiger partial charge in [-0.15, -0.1) is 11.3 Å². The van der Waals surface area contributed by atoms with Crippen molar-refractivity contribution in [3.63, 3.8) is 0 Å². The zero-order valence-electron chi connectivity index (χ0n) is 12.3. The summed E-state index contributed by atoms with van der Waals surface area (Å²) in [5.41, 5.74) is 1.12. The molecule has 116 valence electrons. The second-order valence-electron chi connectivity index (χ2n) is 5.21. The maximum Gasteiger partial charge on any atom is 0.0900 e. The summed E-state index contributed by atoms with van der Waals surface area (Å²) >= 11 is 7.63. The molecule has 2 aromatic rings. The Balaban J connectivity index is 1.69. The van der Waals surface area contributed by atoms with Crippen molar-refractivity contribution in [2.75, 3.05) is 20.2 Å². The number of hydrogen-bond acceptors (Lipinski definition) is 4. The van der Waals surface area contributed by atoms with Crippen LogP contribution in [0, 0.1) is 0 Å². The number of aryl methyl sites for hydroxylation is 1. The van der Waals surface area contributed by atoms with Gasteiger partial charge in [-0.3, -0.25) is 4.90 Å². The van der Waals surface area contributed by atoms with Crippen LogP contribution in [0.2, 0.25) is 5.02 Å². The monoisotopic (exact) mass is 328 g/mol. The summed E-state index contributed by atoms with van der Waals surface area (Å²) < 4.78 is 7.52. The third-order valence-corrected chi connectivity index (χ3v) is 4.22. The lowest BCUT2D eigenvalue weighted by Crippen LogP contribution is -2.32. The number of nitrogens with zero attached hydrogens (tertiary/aromatic N) is 2. The molecule has 0 aliphatic carbocycles. The van der Waals surface area contributed by atoms with Crippen molar-refractivity contribution in [1.29, 1.82) is 0 Å². The molecule has 2 rings (SSSR count). The van der Waals surface area contributed by atoms with Gasteiger partial charge in [-0.1, -0.05) is 17.7 Å². The van der Waals surface area contributed by atoms with E-state index >= 15 is 0 Å². The molecule has 0 amide bonds. The fourth-order valence-corrected chi connectivity index (χ4v) is 3.08. The SMILES string of the molecule is CN(Cc1cc(Cl)cn1C)CC(O)COCc1cccs1. The molecule has 0 aromatic carbocycles. The molecule has 1 atom stereocenters. The smallest absolute Gasteiger partial charge is 0.0900 e. The van der Waals surface area contributed by atoms with E-state index in [2.05, 4.69) is 4.90 Å². The first-order chi connectivity index (χ1) is 10.0. The largest absolute Gasteiger partial charge is 0.389 e. The second-order valence-corrected chi connectivity index (χ2v) is 6.67. The van der Waals surface area contributed by atoms with Crippen molar-refractivity contribution in [1.82, 2.24) is 9.47 Å². The average molecular weight is 329 g/mol. The molecule has 0 fully saturated rings. The molecule has 21 heavy (non-hydrogen) atoms. The summed E-state index contributed by atoms with van der Waals surface area (Å²) in [7, 11) is 3.94. The number of likely N-dealkylation sites (N-methyl/N-ethyl adjacent to an activating group) is 1. The number of aliphatic hydroxyl groups is 1. The van der Waals surface area contributed by atoms with Gasteiger partial charge in [-0.2, -0.15) is 0 Å². The highest BCUT2D eigenvalue weighted by Gasteiger charge is 2.11. The van der Waals surface area contributed by atoms with Crippen molar-refractivity contribution in [2.24, 2.45) is 7.05 Å². The third kappa shape index (κ3) is 5.45. The van der Waals surface area contributed by atoms with E-state index in [1.165, 1.54) is 4.88 Å². The molecule has 2 aromatic heterocycles. The molecule has 0 spiro atoms. The van der Waals surface area contributed by atoms with Gasteiger partial charge in [0.05, 0.1) is 24.3 Å². The van der Waals surface area contributed by atoms with Crippen LogP contribution in [0.1, 0.15) is 10.6 Å². The highest BCUT2D eigenvalue weighted by molar-refractivity contribution is 7.09. The summed E-state index contributed by atoms with van der Waals surface area (Å²) in [6, 6.07) is 5.97. The van der Waals surface area contributed by atoms with Crippen LogP contribution < -0.4 is 0 Å². The van der Waals surface area contributed by atoms with Gasteiger partial charge in [-0.05, 0) is 24.6 Å². The van der Waals surface area contributed by atoms with Gasteiger partial charge in [0.25, 0.3) is 0 Å². The van der Waals surface area contributed by atoms with Gasteiger partial charge in [0.2, 0.25) is 0 Å². The molecule has 0 radical (unpaired) electrons. The first-order valence-corrected chi connectivity index (χ1v) is 8.08. The van der Waals surface area contributed by atoms with E-state index in [-0.39, 0.29) is 0 Å². The lowest BCUT2D eigenvalue weighted by molar-refractivity contribution is 0.0133. The van der Waals surface area contributed by atoms with E-state index < -0.39 is 6.10 Å². The maximum absolute atomic E-state index is 10.0. The molecule has 4 nitrogen and oxygen atoms in total. The molecular formula is C15H21ClN2O2S. The Kier molecular flexibility index (Phi) is 6.26. The number of aliphatic hydroxyl groups excluding tert-OH is 1. The molecule has 0 saturated carbocycles. The molecular weight excluding hydrogens is 308 g/mol. The van der Waals surface area contributed by atoms with Crippen LogP contribution in [0.15, 0.2) is 29.8 Å². The predicted molar refractivity (Wildman–Crippen MR) is 86.7 cm³/mol. The fourth-order valence-electron chi connectivity index (χ4n) is 2.17. The zero-order valence-corrected chi connectivity index (χ0v) is 13.9. The van der Waals surface area contributed by atoms with Crippen LogP contribution in [0.25, 0.3) is 0 Å². The molecule has 0 aliphatic rings. The van der Waals surface area contributed by atoms with Gasteiger partial charge >= 0.3 is 0 Å². The Hall–Kier alpha value is -0.850. The van der Waals surface area contributed by atoms with E-state index in [4.69, 9.17) is 16.3 Å². The minimum atomic E-state index is -0.495. The van der Waals surface area contributed by atoms with Crippen LogP contribution in [0.4, 0.5) is 0 Å². The maximum atomic E-state index is 10.0. The van der Waals surface area contributed by atoms with Gasteiger partial charge in [0, 0.05) is 36.9 Å². The first kappa shape index (κ1) is 16.5. The van der Waals surface area contributed by atoms with E-state index in [9.17, 15) is 5.11 Å². The Labute approximate surface area is 134 Å². The van der Waals surface area contributed by atoms with Crippen LogP contribution in [-0.4, -0.2) is 40.9 Å². The van der Waals surface area contributed by atoms with Gasteiger partial charge in [0.1, 0.15) is 0 Å². The van der Waals surface area contributed by atoms with Gasteiger partial charge in [-0.25, -0.2) is 0 Å². The van der Waals surface area contributed by atoms with E-state index in [0.717, 1.165) is 17.3 Å². The lowest BCUT2D eigenvalue weighted by atomic mass is 10.3.